The highest BCUT2D eigenvalue weighted by Crippen LogP contribution is 2.32. The first kappa shape index (κ1) is 17.1. The minimum Gasteiger partial charge on any atom is -0.373 e. The number of nitrogens with one attached hydrogen (secondary N) is 1. The Hall–Kier alpha value is -2.31. The first-order valence-electron chi connectivity index (χ1n) is 6.59. The lowest BCUT2D eigenvalue weighted by molar-refractivity contribution is -0.384. The van der Waals surface area contributed by atoms with Gasteiger partial charge in [-0.05, 0) is 36.8 Å². The molecule has 0 fully saturated rings. The van der Waals surface area contributed by atoms with Crippen molar-refractivity contribution in [3.8, 4) is 0 Å². The van der Waals surface area contributed by atoms with Crippen molar-refractivity contribution in [1.82, 2.24) is 0 Å². The molecule has 0 aliphatic carbocycles. The van der Waals surface area contributed by atoms with Gasteiger partial charge in [-0.3, -0.25) is 14.9 Å². The standard InChI is InChI=1S/C15H13Cl2N3O3/c1-8(11-4-3-10(16)7-12(11)17)19-13-5-2-9(15(18)21)6-14(13)20(22)23/h2-8,19H,1H3,(H2,18,21)/t8-/m1/s1. The van der Waals surface area contributed by atoms with Crippen LogP contribution in [0.5, 0.6) is 0 Å². The Morgan fingerprint density at radius 3 is 2.52 bits per heavy atom. The maximum absolute atomic E-state index is 11.2. The fraction of sp³-hybridized carbons (Fsp3) is 0.133. The number of nitrogens with two attached hydrogens (primary N) is 1. The average Bonchev–Trinajstić information content (AvgIpc) is 2.46. The van der Waals surface area contributed by atoms with E-state index in [2.05, 4.69) is 5.32 Å². The van der Waals surface area contributed by atoms with E-state index in [9.17, 15) is 14.9 Å². The Morgan fingerprint density at radius 2 is 1.96 bits per heavy atom. The first-order chi connectivity index (χ1) is 10.8. The third-order valence-electron chi connectivity index (χ3n) is 3.28. The lowest BCUT2D eigenvalue weighted by Gasteiger charge is -2.17. The van der Waals surface area contributed by atoms with Crippen LogP contribution in [0.2, 0.25) is 10.0 Å². The largest absolute Gasteiger partial charge is 0.373 e. The van der Waals surface area contributed by atoms with Gasteiger partial charge in [-0.1, -0.05) is 29.3 Å². The second kappa shape index (κ2) is 6.85. The van der Waals surface area contributed by atoms with Crippen molar-refractivity contribution in [2.24, 2.45) is 5.73 Å². The van der Waals surface area contributed by atoms with Crippen LogP contribution in [0.25, 0.3) is 0 Å². The molecule has 2 aromatic rings. The quantitative estimate of drug-likeness (QED) is 0.622. The number of carbonyl (C=O) groups is 1. The third kappa shape index (κ3) is 3.91. The van der Waals surface area contributed by atoms with Crippen LogP contribution in [-0.4, -0.2) is 10.8 Å². The van der Waals surface area contributed by atoms with E-state index < -0.39 is 10.8 Å². The van der Waals surface area contributed by atoms with Gasteiger partial charge in [-0.15, -0.1) is 0 Å². The molecule has 0 aliphatic heterocycles. The molecule has 2 rings (SSSR count). The molecule has 0 aliphatic rings. The number of anilines is 1. The molecule has 120 valence electrons. The van der Waals surface area contributed by atoms with E-state index in [1.165, 1.54) is 12.1 Å². The van der Waals surface area contributed by atoms with E-state index in [4.69, 9.17) is 28.9 Å². The third-order valence-corrected chi connectivity index (χ3v) is 3.84. The topological polar surface area (TPSA) is 98.3 Å². The molecule has 6 nitrogen and oxygen atoms in total. The van der Waals surface area contributed by atoms with Gasteiger partial charge in [0.2, 0.25) is 5.91 Å². The molecule has 0 saturated heterocycles. The van der Waals surface area contributed by atoms with Gasteiger partial charge in [-0.2, -0.15) is 0 Å². The molecule has 23 heavy (non-hydrogen) atoms. The van der Waals surface area contributed by atoms with Crippen LogP contribution in [0, 0.1) is 10.1 Å². The lowest BCUT2D eigenvalue weighted by atomic mass is 10.1. The summed E-state index contributed by atoms with van der Waals surface area (Å²) in [7, 11) is 0. The molecule has 0 aromatic heterocycles. The predicted octanol–water partition coefficient (Wildman–Crippen LogP) is 4.17. The van der Waals surface area contributed by atoms with Gasteiger partial charge in [0.05, 0.1) is 11.0 Å². The van der Waals surface area contributed by atoms with Crippen molar-refractivity contribution < 1.29 is 9.72 Å². The summed E-state index contributed by atoms with van der Waals surface area (Å²) < 4.78 is 0. The smallest absolute Gasteiger partial charge is 0.293 e. The van der Waals surface area contributed by atoms with Crippen molar-refractivity contribution in [2.75, 3.05) is 5.32 Å². The minimum atomic E-state index is -0.728. The highest BCUT2D eigenvalue weighted by molar-refractivity contribution is 6.35. The fourth-order valence-electron chi connectivity index (χ4n) is 2.12. The zero-order chi connectivity index (χ0) is 17.1. The molecule has 2 aromatic carbocycles. The molecule has 0 spiro atoms. The van der Waals surface area contributed by atoms with Crippen molar-refractivity contribution in [3.63, 3.8) is 0 Å². The van der Waals surface area contributed by atoms with Crippen molar-refractivity contribution >= 4 is 40.5 Å². The van der Waals surface area contributed by atoms with Crippen molar-refractivity contribution in [2.45, 2.75) is 13.0 Å². The Balaban J connectivity index is 2.35. The fourth-order valence-corrected chi connectivity index (χ4v) is 2.69. The first-order valence-corrected chi connectivity index (χ1v) is 7.35. The number of primary amides is 1. The Kier molecular flexibility index (Phi) is 5.08. The van der Waals surface area contributed by atoms with Gasteiger partial charge in [0.25, 0.3) is 5.69 Å². The number of amides is 1. The van der Waals surface area contributed by atoms with Crippen LogP contribution in [-0.2, 0) is 0 Å². The summed E-state index contributed by atoms with van der Waals surface area (Å²) in [6, 6.07) is 8.73. The monoisotopic (exact) mass is 353 g/mol. The van der Waals surface area contributed by atoms with Crippen molar-refractivity contribution in [3.05, 3.63) is 67.7 Å². The number of carbonyl (C=O) groups excluding carboxylic acids is 1. The molecule has 1 amide bonds. The normalized spacial score (nSPS) is 11.8. The van der Waals surface area contributed by atoms with Crippen LogP contribution >= 0.6 is 23.2 Å². The molecule has 0 heterocycles. The van der Waals surface area contributed by atoms with Crippen LogP contribution in [0.3, 0.4) is 0 Å². The summed E-state index contributed by atoms with van der Waals surface area (Å²) in [5.74, 6) is -0.728. The number of hydrogen-bond donors (Lipinski definition) is 2. The van der Waals surface area contributed by atoms with E-state index in [-0.39, 0.29) is 23.0 Å². The maximum atomic E-state index is 11.2. The van der Waals surface area contributed by atoms with Gasteiger partial charge in [0.15, 0.2) is 0 Å². The molecular formula is C15H13Cl2N3O3. The number of halogens is 2. The molecule has 3 N–H and O–H groups in total. The minimum absolute atomic E-state index is 0.0689. The zero-order valence-electron chi connectivity index (χ0n) is 12.0. The Labute approximate surface area is 142 Å². The molecule has 0 radical (unpaired) electrons. The summed E-state index contributed by atoms with van der Waals surface area (Å²) in [6.07, 6.45) is 0. The Bertz CT molecular complexity index is 781. The number of benzene rings is 2. The maximum Gasteiger partial charge on any atom is 0.293 e. The van der Waals surface area contributed by atoms with Gasteiger partial charge < -0.3 is 11.1 Å². The van der Waals surface area contributed by atoms with Gasteiger partial charge in [0.1, 0.15) is 5.69 Å². The van der Waals surface area contributed by atoms with Crippen molar-refractivity contribution in [1.29, 1.82) is 0 Å². The number of nitro groups is 1. The van der Waals surface area contributed by atoms with Crippen LogP contribution in [0.1, 0.15) is 28.9 Å². The van der Waals surface area contributed by atoms with Gasteiger partial charge in [-0.25, -0.2) is 0 Å². The van der Waals surface area contributed by atoms with Crippen LogP contribution in [0.15, 0.2) is 36.4 Å². The highest BCUT2D eigenvalue weighted by Gasteiger charge is 2.19. The molecule has 1 atom stereocenters. The van der Waals surface area contributed by atoms with Gasteiger partial charge >= 0.3 is 0 Å². The summed E-state index contributed by atoms with van der Waals surface area (Å²) in [4.78, 5) is 21.8. The SMILES string of the molecule is C[C@@H](Nc1ccc(C(N)=O)cc1[N+](=O)[O-])c1ccc(Cl)cc1Cl. The lowest BCUT2D eigenvalue weighted by Crippen LogP contribution is -2.13. The van der Waals surface area contributed by atoms with E-state index >= 15 is 0 Å². The van der Waals surface area contributed by atoms with E-state index in [0.29, 0.717) is 10.0 Å². The zero-order valence-corrected chi connectivity index (χ0v) is 13.6. The summed E-state index contributed by atoms with van der Waals surface area (Å²) in [5, 5.41) is 15.2. The van der Waals surface area contributed by atoms with E-state index in [1.807, 2.05) is 0 Å². The number of rotatable bonds is 5. The van der Waals surface area contributed by atoms with E-state index in [0.717, 1.165) is 11.6 Å². The molecule has 0 bridgehead atoms. The molecule has 0 saturated carbocycles. The van der Waals surface area contributed by atoms with Crippen LogP contribution < -0.4 is 11.1 Å². The number of hydrogen-bond acceptors (Lipinski definition) is 4. The number of nitro benzene ring substituents is 1. The Morgan fingerprint density at radius 1 is 1.26 bits per heavy atom. The second-order valence-corrected chi connectivity index (χ2v) is 5.73. The molecule has 8 heteroatoms. The highest BCUT2D eigenvalue weighted by atomic mass is 35.5. The molecule has 0 unspecified atom stereocenters. The molecular weight excluding hydrogens is 341 g/mol. The van der Waals surface area contributed by atoms with E-state index in [1.54, 1.807) is 25.1 Å². The number of nitrogens with zero attached hydrogens (tertiary/aromatic N) is 1. The van der Waals surface area contributed by atoms with Gasteiger partial charge in [0, 0.05) is 21.7 Å². The summed E-state index contributed by atoms with van der Waals surface area (Å²) >= 11 is 12.0. The van der Waals surface area contributed by atoms with Crippen LogP contribution in [0.4, 0.5) is 11.4 Å². The average molecular weight is 354 g/mol. The second-order valence-electron chi connectivity index (χ2n) is 4.89. The summed E-state index contributed by atoms with van der Waals surface area (Å²) in [6.45, 7) is 1.81. The predicted molar refractivity (Wildman–Crippen MR) is 90.1 cm³/mol. The summed E-state index contributed by atoms with van der Waals surface area (Å²) in [5.41, 5.74) is 5.98.